The van der Waals surface area contributed by atoms with Crippen LogP contribution >= 0.6 is 8.58 Å². The van der Waals surface area contributed by atoms with Crippen molar-refractivity contribution < 1.29 is 0 Å². The van der Waals surface area contributed by atoms with Crippen molar-refractivity contribution in [3.05, 3.63) is 5.66 Å². The van der Waals surface area contributed by atoms with Crippen molar-refractivity contribution in [2.75, 3.05) is 0 Å². The van der Waals surface area contributed by atoms with Crippen LogP contribution in [0.2, 0.25) is 0 Å². The molecular weight excluding hydrogens is 127 g/mol. The molecule has 1 heteroatoms. The fourth-order valence-corrected chi connectivity index (χ4v) is 3.75. The van der Waals surface area contributed by atoms with Crippen molar-refractivity contribution in [1.82, 2.24) is 0 Å². The molecule has 2 heterocycles. The second-order valence-corrected chi connectivity index (χ2v) is 5.04. The summed E-state index contributed by atoms with van der Waals surface area (Å²) in [5.41, 5.74) is 3.06. The van der Waals surface area contributed by atoms with Gasteiger partial charge < -0.3 is 0 Å². The molecule has 0 aromatic rings. The quantitative estimate of drug-likeness (QED) is 0.455. The highest BCUT2D eigenvalue weighted by molar-refractivity contribution is 7.43. The van der Waals surface area contributed by atoms with Gasteiger partial charge in [0.15, 0.2) is 0 Å². The molecule has 0 aromatic heterocycles. The van der Waals surface area contributed by atoms with E-state index in [4.69, 9.17) is 0 Å². The highest BCUT2D eigenvalue weighted by Gasteiger charge is 2.26. The van der Waals surface area contributed by atoms with Crippen LogP contribution in [0.5, 0.6) is 0 Å². The Balaban J connectivity index is 1.99. The van der Waals surface area contributed by atoms with Crippen molar-refractivity contribution >= 4 is 8.58 Å². The van der Waals surface area contributed by atoms with Crippen LogP contribution in [0.1, 0.15) is 38.5 Å². The van der Waals surface area contributed by atoms with Gasteiger partial charge in [-0.15, -0.1) is 8.58 Å². The molecule has 2 unspecified atom stereocenters. The van der Waals surface area contributed by atoms with Crippen LogP contribution in [0.3, 0.4) is 0 Å². The molecule has 2 fully saturated rings. The van der Waals surface area contributed by atoms with Gasteiger partial charge in [-0.05, 0) is 37.0 Å². The predicted octanol–water partition coefficient (Wildman–Crippen LogP) is 2.93. The zero-order valence-electron chi connectivity index (χ0n) is 5.82. The molecule has 2 bridgehead atoms. The van der Waals surface area contributed by atoms with Gasteiger partial charge >= 0.3 is 0 Å². The molecular formula is C8H14P. The standard InChI is InChI=1S/C8H14P/c1-2-4-8-6-5-7(3-1)9-8/h7,9H,1-6H2. The Hall–Kier alpha value is 0.430. The van der Waals surface area contributed by atoms with E-state index >= 15 is 0 Å². The van der Waals surface area contributed by atoms with Gasteiger partial charge in [0.25, 0.3) is 0 Å². The van der Waals surface area contributed by atoms with E-state index in [1.54, 1.807) is 6.42 Å². The van der Waals surface area contributed by atoms with Crippen LogP contribution in [0.4, 0.5) is 0 Å². The molecule has 2 rings (SSSR count). The molecule has 9 heavy (non-hydrogen) atoms. The van der Waals surface area contributed by atoms with Crippen molar-refractivity contribution in [2.24, 2.45) is 0 Å². The van der Waals surface area contributed by atoms with E-state index in [0.717, 1.165) is 5.66 Å². The lowest BCUT2D eigenvalue weighted by atomic mass is 10.0. The number of hydrogen-bond acceptors (Lipinski definition) is 0. The first-order chi connectivity index (χ1) is 4.45. The lowest BCUT2D eigenvalue weighted by Gasteiger charge is -2.04. The lowest BCUT2D eigenvalue weighted by molar-refractivity contribution is 0.594. The highest BCUT2D eigenvalue weighted by Crippen LogP contribution is 2.51. The van der Waals surface area contributed by atoms with Crippen LogP contribution in [-0.4, -0.2) is 5.66 Å². The summed E-state index contributed by atoms with van der Waals surface area (Å²) in [5, 5.41) is 0. The summed E-state index contributed by atoms with van der Waals surface area (Å²) >= 11 is 0. The largest absolute Gasteiger partial charge is 0.112 e. The van der Waals surface area contributed by atoms with Gasteiger partial charge in [0, 0.05) is 0 Å². The smallest absolute Gasteiger partial charge is 0.00259 e. The van der Waals surface area contributed by atoms with Crippen molar-refractivity contribution in [2.45, 2.75) is 44.2 Å². The minimum absolute atomic E-state index is 1.14. The zero-order valence-corrected chi connectivity index (χ0v) is 6.82. The molecule has 2 aliphatic rings. The zero-order chi connectivity index (χ0) is 6.10. The first-order valence-electron chi connectivity index (χ1n) is 4.06. The van der Waals surface area contributed by atoms with Crippen LogP contribution in [0.15, 0.2) is 0 Å². The Morgan fingerprint density at radius 1 is 1.11 bits per heavy atom. The average Bonchev–Trinajstić information content (AvgIpc) is 2.09. The van der Waals surface area contributed by atoms with Gasteiger partial charge in [-0.3, -0.25) is 0 Å². The fourth-order valence-electron chi connectivity index (χ4n) is 1.92. The Bertz CT molecular complexity index is 88.7. The molecule has 2 aliphatic heterocycles. The Kier molecular flexibility index (Phi) is 1.77. The van der Waals surface area contributed by atoms with E-state index in [9.17, 15) is 0 Å². The molecule has 1 radical (unpaired) electrons. The van der Waals surface area contributed by atoms with E-state index in [1.165, 1.54) is 40.7 Å². The molecule has 0 N–H and O–H groups in total. The van der Waals surface area contributed by atoms with Crippen LogP contribution < -0.4 is 0 Å². The maximum Gasteiger partial charge on any atom is -0.00259 e. The van der Waals surface area contributed by atoms with Gasteiger partial charge in [-0.1, -0.05) is 12.8 Å². The second kappa shape index (κ2) is 2.58. The van der Waals surface area contributed by atoms with Crippen molar-refractivity contribution in [3.8, 4) is 0 Å². The minimum Gasteiger partial charge on any atom is -0.112 e. The Morgan fingerprint density at radius 3 is 3.11 bits per heavy atom. The number of hydrogen-bond donors (Lipinski definition) is 0. The minimum atomic E-state index is 1.14. The maximum absolute atomic E-state index is 1.91. The highest BCUT2D eigenvalue weighted by atomic mass is 31.1. The molecule has 2 atom stereocenters. The monoisotopic (exact) mass is 141 g/mol. The Labute approximate surface area is 59.2 Å². The van der Waals surface area contributed by atoms with Gasteiger partial charge in [0.1, 0.15) is 0 Å². The molecule has 0 spiro atoms. The molecule has 0 aromatic carbocycles. The van der Waals surface area contributed by atoms with Gasteiger partial charge in [0.2, 0.25) is 0 Å². The molecule has 0 saturated carbocycles. The summed E-state index contributed by atoms with van der Waals surface area (Å²) in [6, 6.07) is 0. The number of fused-ring (bicyclic) bond motifs is 2. The normalized spacial score (nSPS) is 39.3. The predicted molar refractivity (Wildman–Crippen MR) is 43.0 cm³/mol. The van der Waals surface area contributed by atoms with Crippen LogP contribution in [0, 0.1) is 5.66 Å². The SMILES string of the molecule is C1CCC2CC[C](C1)P2. The van der Waals surface area contributed by atoms with E-state index in [1.807, 2.05) is 5.66 Å². The van der Waals surface area contributed by atoms with Gasteiger partial charge in [-0.25, -0.2) is 0 Å². The molecule has 51 valence electrons. The third-order valence-electron chi connectivity index (χ3n) is 2.48. The first kappa shape index (κ1) is 6.16. The summed E-state index contributed by atoms with van der Waals surface area (Å²) in [6.45, 7) is 0. The molecule has 0 amide bonds. The second-order valence-electron chi connectivity index (χ2n) is 3.23. The summed E-state index contributed by atoms with van der Waals surface area (Å²) in [4.78, 5) is 0. The third-order valence-corrected chi connectivity index (χ3v) is 4.38. The van der Waals surface area contributed by atoms with Crippen LogP contribution in [0.25, 0.3) is 0 Å². The summed E-state index contributed by atoms with van der Waals surface area (Å²) in [6.07, 6.45) is 9.06. The topological polar surface area (TPSA) is 0 Å². The van der Waals surface area contributed by atoms with Crippen LogP contribution in [-0.2, 0) is 0 Å². The number of rotatable bonds is 0. The van der Waals surface area contributed by atoms with Gasteiger partial charge in [-0.2, -0.15) is 0 Å². The van der Waals surface area contributed by atoms with E-state index in [-0.39, 0.29) is 0 Å². The van der Waals surface area contributed by atoms with Crippen molar-refractivity contribution in [3.63, 3.8) is 0 Å². The molecule has 0 aliphatic carbocycles. The van der Waals surface area contributed by atoms with Crippen molar-refractivity contribution in [1.29, 1.82) is 0 Å². The fraction of sp³-hybridized carbons (Fsp3) is 0.875. The lowest BCUT2D eigenvalue weighted by Crippen LogP contribution is -1.93. The van der Waals surface area contributed by atoms with E-state index < -0.39 is 0 Å². The van der Waals surface area contributed by atoms with Gasteiger partial charge in [0.05, 0.1) is 0 Å². The maximum atomic E-state index is 1.91. The summed E-state index contributed by atoms with van der Waals surface area (Å²) in [5.74, 6) is 0. The van der Waals surface area contributed by atoms with E-state index in [2.05, 4.69) is 0 Å². The first-order valence-corrected chi connectivity index (χ1v) is 5.14. The summed E-state index contributed by atoms with van der Waals surface area (Å²) < 4.78 is 0. The molecule has 0 nitrogen and oxygen atoms in total. The van der Waals surface area contributed by atoms with E-state index in [0.29, 0.717) is 0 Å². The third kappa shape index (κ3) is 1.29. The average molecular weight is 141 g/mol. The molecule has 2 saturated heterocycles. The Morgan fingerprint density at radius 2 is 2.11 bits per heavy atom. The summed E-state index contributed by atoms with van der Waals surface area (Å²) in [7, 11) is 1.27.